The Morgan fingerprint density at radius 3 is 2.63 bits per heavy atom. The van der Waals surface area contributed by atoms with Gasteiger partial charge in [0.1, 0.15) is 5.75 Å². The lowest BCUT2D eigenvalue weighted by atomic mass is 9.95. The number of rotatable bonds is 8. The topological polar surface area (TPSA) is 69.0 Å². The standard InChI is InChI=1S/C20H28N4O2S/c1-3-13-21-18(25)14-27-20-23-22-19(15-9-11-17(26-2)12-10-15)24(20)16-7-5-4-6-8-16/h9-12,16H,3-8,13-14H2,1-2H3,(H,21,25). The molecule has 27 heavy (non-hydrogen) atoms. The van der Waals surface area contributed by atoms with Crippen molar-refractivity contribution >= 4 is 17.7 Å². The molecule has 7 heteroatoms. The van der Waals surface area contributed by atoms with Crippen LogP contribution in [0.2, 0.25) is 0 Å². The summed E-state index contributed by atoms with van der Waals surface area (Å²) in [5.74, 6) is 2.12. The van der Waals surface area contributed by atoms with Gasteiger partial charge in [-0.1, -0.05) is 37.9 Å². The van der Waals surface area contributed by atoms with Crippen molar-refractivity contribution in [2.45, 2.75) is 56.6 Å². The highest BCUT2D eigenvalue weighted by Crippen LogP contribution is 2.35. The van der Waals surface area contributed by atoms with Crippen molar-refractivity contribution in [1.29, 1.82) is 0 Å². The smallest absolute Gasteiger partial charge is 0.230 e. The van der Waals surface area contributed by atoms with Gasteiger partial charge in [-0.05, 0) is 43.5 Å². The van der Waals surface area contributed by atoms with Crippen molar-refractivity contribution in [3.8, 4) is 17.1 Å². The summed E-state index contributed by atoms with van der Waals surface area (Å²) in [5.41, 5.74) is 1.02. The number of hydrogen-bond acceptors (Lipinski definition) is 5. The van der Waals surface area contributed by atoms with Gasteiger partial charge in [-0.25, -0.2) is 0 Å². The molecule has 1 fully saturated rings. The van der Waals surface area contributed by atoms with Crippen LogP contribution >= 0.6 is 11.8 Å². The normalized spacial score (nSPS) is 14.9. The van der Waals surface area contributed by atoms with Crippen LogP contribution in [0.1, 0.15) is 51.5 Å². The molecule has 3 rings (SSSR count). The third-order valence-corrected chi connectivity index (χ3v) is 5.80. The van der Waals surface area contributed by atoms with Crippen LogP contribution in [-0.4, -0.2) is 40.1 Å². The van der Waals surface area contributed by atoms with Gasteiger partial charge in [0.05, 0.1) is 12.9 Å². The summed E-state index contributed by atoms with van der Waals surface area (Å²) >= 11 is 1.48. The Hall–Kier alpha value is -2.02. The second-order valence-corrected chi connectivity index (χ2v) is 7.78. The highest BCUT2D eigenvalue weighted by Gasteiger charge is 2.24. The molecule has 6 nitrogen and oxygen atoms in total. The second-order valence-electron chi connectivity index (χ2n) is 6.84. The van der Waals surface area contributed by atoms with E-state index in [0.29, 0.717) is 18.3 Å². The molecular formula is C20H28N4O2S. The fourth-order valence-electron chi connectivity index (χ4n) is 3.43. The minimum absolute atomic E-state index is 0.0473. The highest BCUT2D eigenvalue weighted by atomic mass is 32.2. The van der Waals surface area contributed by atoms with Crippen LogP contribution in [0.5, 0.6) is 5.75 Å². The van der Waals surface area contributed by atoms with Gasteiger partial charge in [0, 0.05) is 18.2 Å². The highest BCUT2D eigenvalue weighted by molar-refractivity contribution is 7.99. The van der Waals surface area contributed by atoms with Crippen LogP contribution in [0.15, 0.2) is 29.4 Å². The van der Waals surface area contributed by atoms with Gasteiger partial charge in [-0.3, -0.25) is 9.36 Å². The number of ether oxygens (including phenoxy) is 1. The molecule has 0 spiro atoms. The Labute approximate surface area is 165 Å². The summed E-state index contributed by atoms with van der Waals surface area (Å²) in [6.45, 7) is 2.76. The van der Waals surface area contributed by atoms with Gasteiger partial charge in [0.15, 0.2) is 11.0 Å². The third kappa shape index (κ3) is 5.03. The molecule has 2 aromatic rings. The Balaban J connectivity index is 1.84. The first-order valence-electron chi connectivity index (χ1n) is 9.71. The average Bonchev–Trinajstić information content (AvgIpc) is 3.15. The molecule has 1 aromatic carbocycles. The predicted octanol–water partition coefficient (Wildman–Crippen LogP) is 4.08. The molecule has 0 bridgehead atoms. The quantitative estimate of drug-likeness (QED) is 0.690. The van der Waals surface area contributed by atoms with Crippen molar-refractivity contribution in [1.82, 2.24) is 20.1 Å². The Morgan fingerprint density at radius 1 is 1.22 bits per heavy atom. The van der Waals surface area contributed by atoms with Crippen molar-refractivity contribution in [2.24, 2.45) is 0 Å². The van der Waals surface area contributed by atoms with Gasteiger partial charge in [-0.2, -0.15) is 0 Å². The predicted molar refractivity (Wildman–Crippen MR) is 108 cm³/mol. The van der Waals surface area contributed by atoms with E-state index in [2.05, 4.69) is 20.1 Å². The van der Waals surface area contributed by atoms with Gasteiger partial charge in [0.25, 0.3) is 0 Å². The maximum atomic E-state index is 12.0. The number of carbonyl (C=O) groups is 1. The first-order valence-corrected chi connectivity index (χ1v) is 10.7. The van der Waals surface area contributed by atoms with Crippen LogP contribution in [-0.2, 0) is 4.79 Å². The van der Waals surface area contributed by atoms with E-state index in [1.54, 1.807) is 7.11 Å². The van der Waals surface area contributed by atoms with E-state index >= 15 is 0 Å². The van der Waals surface area contributed by atoms with Crippen molar-refractivity contribution in [3.05, 3.63) is 24.3 Å². The largest absolute Gasteiger partial charge is 0.497 e. The third-order valence-electron chi connectivity index (χ3n) is 4.86. The number of nitrogens with one attached hydrogen (secondary N) is 1. The summed E-state index contributed by atoms with van der Waals surface area (Å²) in [7, 11) is 1.66. The summed E-state index contributed by atoms with van der Waals surface area (Å²) in [5, 5.41) is 12.7. The summed E-state index contributed by atoms with van der Waals surface area (Å²) in [6, 6.07) is 8.32. The minimum atomic E-state index is 0.0473. The van der Waals surface area contributed by atoms with Crippen LogP contribution in [0, 0.1) is 0 Å². The molecule has 1 aromatic heterocycles. The van der Waals surface area contributed by atoms with E-state index in [1.807, 2.05) is 31.2 Å². The fraction of sp³-hybridized carbons (Fsp3) is 0.550. The molecule has 0 atom stereocenters. The number of nitrogens with zero attached hydrogens (tertiary/aromatic N) is 3. The van der Waals surface area contributed by atoms with Crippen LogP contribution < -0.4 is 10.1 Å². The molecule has 146 valence electrons. The zero-order valence-electron chi connectivity index (χ0n) is 16.1. The van der Waals surface area contributed by atoms with E-state index in [-0.39, 0.29) is 5.91 Å². The molecule has 0 radical (unpaired) electrons. The number of hydrogen-bond donors (Lipinski definition) is 1. The molecule has 0 aliphatic heterocycles. The molecule has 1 aliphatic rings. The molecule has 0 unspecified atom stereocenters. The van der Waals surface area contributed by atoms with Crippen LogP contribution in [0.4, 0.5) is 0 Å². The van der Waals surface area contributed by atoms with Gasteiger partial charge >= 0.3 is 0 Å². The molecule has 1 aliphatic carbocycles. The maximum Gasteiger partial charge on any atom is 0.230 e. The summed E-state index contributed by atoms with van der Waals surface area (Å²) in [4.78, 5) is 12.0. The van der Waals surface area contributed by atoms with Gasteiger partial charge in [-0.15, -0.1) is 10.2 Å². The van der Waals surface area contributed by atoms with E-state index < -0.39 is 0 Å². The molecule has 1 saturated carbocycles. The van der Waals surface area contributed by atoms with E-state index in [9.17, 15) is 4.79 Å². The first kappa shape index (κ1) is 19.7. The van der Waals surface area contributed by atoms with Crippen molar-refractivity contribution in [3.63, 3.8) is 0 Å². The number of thioether (sulfide) groups is 1. The molecule has 1 N–H and O–H groups in total. The van der Waals surface area contributed by atoms with Crippen molar-refractivity contribution in [2.75, 3.05) is 19.4 Å². The molecule has 1 heterocycles. The lowest BCUT2D eigenvalue weighted by molar-refractivity contribution is -0.118. The number of methoxy groups -OCH3 is 1. The Kier molecular flexibility index (Phi) is 7.15. The van der Waals surface area contributed by atoms with Gasteiger partial charge in [0.2, 0.25) is 5.91 Å². The molecule has 0 saturated heterocycles. The monoisotopic (exact) mass is 388 g/mol. The Morgan fingerprint density at radius 2 is 1.96 bits per heavy atom. The average molecular weight is 389 g/mol. The number of amides is 1. The Bertz CT molecular complexity index is 739. The van der Waals surface area contributed by atoms with E-state index in [4.69, 9.17) is 4.74 Å². The van der Waals surface area contributed by atoms with Gasteiger partial charge < -0.3 is 10.1 Å². The minimum Gasteiger partial charge on any atom is -0.497 e. The summed E-state index contributed by atoms with van der Waals surface area (Å²) in [6.07, 6.45) is 6.96. The van der Waals surface area contributed by atoms with E-state index in [1.165, 1.54) is 31.0 Å². The number of aromatic nitrogens is 3. The number of carbonyl (C=O) groups excluding carboxylic acids is 1. The van der Waals surface area contributed by atoms with Crippen LogP contribution in [0.3, 0.4) is 0 Å². The SMILES string of the molecule is CCCNC(=O)CSc1nnc(-c2ccc(OC)cc2)n1C1CCCCC1. The lowest BCUT2D eigenvalue weighted by Crippen LogP contribution is -2.26. The second kappa shape index (κ2) is 9.78. The maximum absolute atomic E-state index is 12.0. The fourth-order valence-corrected chi connectivity index (χ4v) is 4.26. The number of benzene rings is 1. The summed E-state index contributed by atoms with van der Waals surface area (Å²) < 4.78 is 7.51. The van der Waals surface area contributed by atoms with E-state index in [0.717, 1.165) is 41.6 Å². The first-order chi connectivity index (χ1) is 13.2. The molecule has 1 amide bonds. The zero-order chi connectivity index (χ0) is 19.1. The van der Waals surface area contributed by atoms with Crippen molar-refractivity contribution < 1.29 is 9.53 Å². The lowest BCUT2D eigenvalue weighted by Gasteiger charge is -2.25. The van der Waals surface area contributed by atoms with Crippen LogP contribution in [0.25, 0.3) is 11.4 Å². The molecular weight excluding hydrogens is 360 g/mol. The zero-order valence-corrected chi connectivity index (χ0v) is 16.9.